The highest BCUT2D eigenvalue weighted by Gasteiger charge is 2.33. The van der Waals surface area contributed by atoms with Crippen LogP contribution in [0.4, 0.5) is 13.2 Å². The SMILES string of the molecule is O=C(OCS(=O)[O-])c1ccc(Br)c(C(F)(F)F)c1. The summed E-state index contributed by atoms with van der Waals surface area (Å²) in [7, 11) is 0. The molecule has 0 aliphatic heterocycles. The number of hydrogen-bond acceptors (Lipinski definition) is 4. The number of carbonyl (C=O) groups is 1. The molecule has 0 bridgehead atoms. The van der Waals surface area contributed by atoms with E-state index in [1.54, 1.807) is 0 Å². The Bertz CT molecular complexity index is 489. The van der Waals surface area contributed by atoms with Crippen LogP contribution in [0.3, 0.4) is 0 Å². The number of benzene rings is 1. The molecule has 0 heterocycles. The Kier molecular flexibility index (Phi) is 4.88. The van der Waals surface area contributed by atoms with Gasteiger partial charge in [-0.25, -0.2) is 4.79 Å². The third kappa shape index (κ3) is 4.07. The zero-order chi connectivity index (χ0) is 13.9. The first kappa shape index (κ1) is 15.1. The van der Waals surface area contributed by atoms with Crippen LogP contribution in [-0.4, -0.2) is 20.7 Å². The Morgan fingerprint density at radius 3 is 2.56 bits per heavy atom. The van der Waals surface area contributed by atoms with Gasteiger partial charge < -0.3 is 9.29 Å². The molecule has 0 aliphatic carbocycles. The van der Waals surface area contributed by atoms with E-state index in [1.165, 1.54) is 0 Å². The van der Waals surface area contributed by atoms with Crippen molar-refractivity contribution in [1.29, 1.82) is 0 Å². The van der Waals surface area contributed by atoms with E-state index in [0.717, 1.165) is 12.1 Å². The first-order chi connectivity index (χ1) is 8.21. The Balaban J connectivity index is 2.98. The summed E-state index contributed by atoms with van der Waals surface area (Å²) < 4.78 is 61.9. The van der Waals surface area contributed by atoms with Crippen molar-refractivity contribution < 1.29 is 31.5 Å². The lowest BCUT2D eigenvalue weighted by molar-refractivity contribution is -0.138. The van der Waals surface area contributed by atoms with Gasteiger partial charge in [-0.15, -0.1) is 0 Å². The predicted molar refractivity (Wildman–Crippen MR) is 58.3 cm³/mol. The third-order valence-corrected chi connectivity index (χ3v) is 2.80. The normalized spacial score (nSPS) is 13.2. The molecule has 0 radical (unpaired) electrons. The minimum atomic E-state index is -4.63. The second kappa shape index (κ2) is 5.81. The van der Waals surface area contributed by atoms with Gasteiger partial charge in [-0.05, 0) is 29.3 Å². The van der Waals surface area contributed by atoms with Crippen LogP contribution in [0.1, 0.15) is 15.9 Å². The van der Waals surface area contributed by atoms with Gasteiger partial charge in [0, 0.05) is 4.47 Å². The van der Waals surface area contributed by atoms with Crippen LogP contribution < -0.4 is 0 Å². The van der Waals surface area contributed by atoms with E-state index in [1.807, 2.05) is 0 Å². The highest BCUT2D eigenvalue weighted by atomic mass is 79.9. The number of ether oxygens (including phenoxy) is 1. The van der Waals surface area contributed by atoms with E-state index in [4.69, 9.17) is 0 Å². The maximum absolute atomic E-state index is 12.5. The van der Waals surface area contributed by atoms with E-state index in [2.05, 4.69) is 20.7 Å². The first-order valence-corrected chi connectivity index (χ1v) is 6.35. The lowest BCUT2D eigenvalue weighted by Gasteiger charge is -2.11. The van der Waals surface area contributed by atoms with Crippen molar-refractivity contribution in [2.45, 2.75) is 6.18 Å². The van der Waals surface area contributed by atoms with Crippen LogP contribution in [0, 0.1) is 0 Å². The molecular formula is C9H5BrF3O4S-. The molecule has 100 valence electrons. The minimum Gasteiger partial charge on any atom is -0.770 e. The van der Waals surface area contributed by atoms with Crippen molar-refractivity contribution in [2.24, 2.45) is 0 Å². The molecule has 18 heavy (non-hydrogen) atoms. The predicted octanol–water partition coefficient (Wildman–Crippen LogP) is 2.46. The van der Waals surface area contributed by atoms with Crippen LogP contribution in [0.5, 0.6) is 0 Å². The van der Waals surface area contributed by atoms with E-state index in [0.29, 0.717) is 6.07 Å². The molecule has 0 saturated carbocycles. The average Bonchev–Trinajstić information content (AvgIpc) is 2.24. The van der Waals surface area contributed by atoms with E-state index < -0.39 is 34.7 Å². The summed E-state index contributed by atoms with van der Waals surface area (Å²) in [6.07, 6.45) is -4.63. The van der Waals surface area contributed by atoms with Gasteiger partial charge in [0.15, 0.2) is 5.94 Å². The maximum Gasteiger partial charge on any atom is 0.417 e. The minimum absolute atomic E-state index is 0.223. The number of rotatable bonds is 3. The molecular weight excluding hydrogens is 341 g/mol. The van der Waals surface area contributed by atoms with E-state index in [9.17, 15) is 26.7 Å². The summed E-state index contributed by atoms with van der Waals surface area (Å²) in [5, 5.41) is 0. The van der Waals surface area contributed by atoms with Crippen molar-refractivity contribution in [3.63, 3.8) is 0 Å². The smallest absolute Gasteiger partial charge is 0.417 e. The standard InChI is InChI=1S/C9H6BrF3O4S/c10-7-2-1-5(3-6(7)9(11,12)13)8(14)17-4-18(15)16/h1-3H,4H2,(H,15,16)/p-1. The summed E-state index contributed by atoms with van der Waals surface area (Å²) in [5.74, 6) is -2.05. The molecule has 0 amide bonds. The van der Waals surface area contributed by atoms with Crippen LogP contribution in [0.15, 0.2) is 22.7 Å². The van der Waals surface area contributed by atoms with Gasteiger partial charge in [0.2, 0.25) is 0 Å². The fourth-order valence-electron chi connectivity index (χ4n) is 1.05. The van der Waals surface area contributed by atoms with E-state index in [-0.39, 0.29) is 10.0 Å². The summed E-state index contributed by atoms with van der Waals surface area (Å²) in [6, 6.07) is 2.71. The Morgan fingerprint density at radius 1 is 1.44 bits per heavy atom. The van der Waals surface area contributed by atoms with Crippen molar-refractivity contribution in [3.8, 4) is 0 Å². The molecule has 1 aromatic carbocycles. The van der Waals surface area contributed by atoms with Gasteiger partial charge in [0.25, 0.3) is 0 Å². The Hall–Kier alpha value is -0.930. The molecule has 9 heteroatoms. The number of esters is 1. The second-order valence-corrected chi connectivity index (χ2v) is 4.74. The zero-order valence-electron chi connectivity index (χ0n) is 8.49. The highest BCUT2D eigenvalue weighted by molar-refractivity contribution is 9.10. The quantitative estimate of drug-likeness (QED) is 0.623. The topological polar surface area (TPSA) is 66.4 Å². The van der Waals surface area contributed by atoms with Crippen molar-refractivity contribution >= 4 is 33.0 Å². The maximum atomic E-state index is 12.5. The summed E-state index contributed by atoms with van der Waals surface area (Å²) in [6.45, 7) is 0. The largest absolute Gasteiger partial charge is 0.770 e. The number of halogens is 4. The van der Waals surface area contributed by atoms with Crippen molar-refractivity contribution in [2.75, 3.05) is 5.94 Å². The fourth-order valence-corrected chi connectivity index (χ4v) is 1.73. The molecule has 0 fully saturated rings. The lowest BCUT2D eigenvalue weighted by atomic mass is 10.1. The molecule has 0 saturated heterocycles. The fraction of sp³-hybridized carbons (Fsp3) is 0.222. The monoisotopic (exact) mass is 345 g/mol. The lowest BCUT2D eigenvalue weighted by Crippen LogP contribution is -2.12. The molecule has 1 atom stereocenters. The third-order valence-electron chi connectivity index (χ3n) is 1.79. The molecule has 1 aromatic rings. The Morgan fingerprint density at radius 2 is 2.06 bits per heavy atom. The molecule has 0 aromatic heterocycles. The van der Waals surface area contributed by atoms with Gasteiger partial charge in [-0.2, -0.15) is 13.2 Å². The van der Waals surface area contributed by atoms with Crippen LogP contribution >= 0.6 is 15.9 Å². The molecule has 0 aliphatic rings. The summed E-state index contributed by atoms with van der Waals surface area (Å²) in [5.41, 5.74) is -1.42. The molecule has 0 spiro atoms. The average molecular weight is 346 g/mol. The number of carbonyl (C=O) groups excluding carboxylic acids is 1. The molecule has 1 unspecified atom stereocenters. The summed E-state index contributed by atoms with van der Waals surface area (Å²) in [4.78, 5) is 11.3. The number of hydrogen-bond donors (Lipinski definition) is 0. The molecule has 0 N–H and O–H groups in total. The van der Waals surface area contributed by atoms with E-state index >= 15 is 0 Å². The van der Waals surface area contributed by atoms with Gasteiger partial charge in [-0.1, -0.05) is 15.9 Å². The number of alkyl halides is 3. The highest BCUT2D eigenvalue weighted by Crippen LogP contribution is 2.35. The van der Waals surface area contributed by atoms with Crippen LogP contribution in [-0.2, 0) is 22.0 Å². The van der Waals surface area contributed by atoms with Crippen molar-refractivity contribution in [3.05, 3.63) is 33.8 Å². The zero-order valence-corrected chi connectivity index (χ0v) is 10.9. The molecule has 1 rings (SSSR count). The van der Waals surface area contributed by atoms with Gasteiger partial charge in [0.05, 0.1) is 11.1 Å². The van der Waals surface area contributed by atoms with Crippen molar-refractivity contribution in [1.82, 2.24) is 0 Å². The first-order valence-electron chi connectivity index (χ1n) is 4.31. The molecule has 4 nitrogen and oxygen atoms in total. The van der Waals surface area contributed by atoms with Crippen LogP contribution in [0.25, 0.3) is 0 Å². The van der Waals surface area contributed by atoms with Gasteiger partial charge >= 0.3 is 12.1 Å². The summed E-state index contributed by atoms with van der Waals surface area (Å²) >= 11 is 0.0955. The van der Waals surface area contributed by atoms with Crippen LogP contribution in [0.2, 0.25) is 0 Å². The van der Waals surface area contributed by atoms with Gasteiger partial charge in [0.1, 0.15) is 0 Å². The Labute approximate surface area is 111 Å². The van der Waals surface area contributed by atoms with Gasteiger partial charge in [-0.3, -0.25) is 4.21 Å². The second-order valence-electron chi connectivity index (χ2n) is 3.05.